The number of benzene rings is 1. The maximum absolute atomic E-state index is 6.21. The van der Waals surface area contributed by atoms with E-state index in [4.69, 9.17) is 15.2 Å². The zero-order valence-corrected chi connectivity index (χ0v) is 10.6. The number of hydrogen-bond donors (Lipinski definition) is 1. The maximum atomic E-state index is 6.21. The van der Waals surface area contributed by atoms with Crippen LogP contribution in [0.25, 0.3) is 0 Å². The quantitative estimate of drug-likeness (QED) is 0.912. The van der Waals surface area contributed by atoms with Crippen LogP contribution < -0.4 is 15.2 Å². The number of para-hydroxylation sites is 1. The average Bonchev–Trinajstić information content (AvgIpc) is 2.98. The third kappa shape index (κ3) is 2.11. The second kappa shape index (κ2) is 4.96. The number of fused-ring (bicyclic) bond motifs is 1. The van der Waals surface area contributed by atoms with Crippen LogP contribution in [0.2, 0.25) is 0 Å². The number of halogens is 1. The van der Waals surface area contributed by atoms with Crippen molar-refractivity contribution in [1.82, 2.24) is 0 Å². The summed E-state index contributed by atoms with van der Waals surface area (Å²) in [5.74, 6) is 1.56. The van der Waals surface area contributed by atoms with Gasteiger partial charge in [-0.2, -0.15) is 0 Å². The Morgan fingerprint density at radius 2 is 2.06 bits per heavy atom. The summed E-state index contributed by atoms with van der Waals surface area (Å²) in [6.45, 7) is 0.281. The van der Waals surface area contributed by atoms with Crippen molar-refractivity contribution in [2.45, 2.75) is 6.04 Å². The molecule has 3 rings (SSSR count). The molecule has 0 amide bonds. The molecule has 0 saturated heterocycles. The Labute approximate surface area is 110 Å². The predicted octanol–water partition coefficient (Wildman–Crippen LogP) is 2.95. The number of hydrogen-bond acceptors (Lipinski definition) is 4. The molecule has 1 aromatic heterocycles. The standard InChI is InChI=1S/C12H11NO2S.ClH/c13-11(10-5-2-6-16-10)8-3-1-4-9-12(8)15-7-14-9;/h1-6,11H,7,13H2;1H/t11-;/m0./s1. The molecule has 0 bridgehead atoms. The van der Waals surface area contributed by atoms with Crippen LogP contribution in [0.1, 0.15) is 16.5 Å². The summed E-state index contributed by atoms with van der Waals surface area (Å²) in [7, 11) is 0. The van der Waals surface area contributed by atoms with E-state index < -0.39 is 0 Å². The van der Waals surface area contributed by atoms with Crippen LogP contribution in [0.5, 0.6) is 11.5 Å². The van der Waals surface area contributed by atoms with Gasteiger partial charge >= 0.3 is 0 Å². The number of thiophene rings is 1. The Bertz CT molecular complexity index is 501. The van der Waals surface area contributed by atoms with E-state index in [-0.39, 0.29) is 25.2 Å². The molecule has 0 unspecified atom stereocenters. The Kier molecular flexibility index (Phi) is 3.57. The van der Waals surface area contributed by atoms with Gasteiger partial charge in [-0.05, 0) is 17.5 Å². The van der Waals surface area contributed by atoms with Gasteiger partial charge in [0.1, 0.15) is 0 Å². The molecule has 5 heteroatoms. The van der Waals surface area contributed by atoms with Crippen molar-refractivity contribution >= 4 is 23.7 Å². The van der Waals surface area contributed by atoms with Gasteiger partial charge in [-0.25, -0.2) is 0 Å². The molecular formula is C12H12ClNO2S. The highest BCUT2D eigenvalue weighted by Crippen LogP contribution is 2.40. The summed E-state index contributed by atoms with van der Waals surface area (Å²) in [6.07, 6.45) is 0. The normalized spacial score (nSPS) is 14.2. The van der Waals surface area contributed by atoms with E-state index in [1.165, 1.54) is 0 Å². The lowest BCUT2D eigenvalue weighted by Gasteiger charge is -2.12. The molecule has 2 N–H and O–H groups in total. The molecule has 1 aliphatic heterocycles. The van der Waals surface area contributed by atoms with Gasteiger partial charge in [0.2, 0.25) is 6.79 Å². The summed E-state index contributed by atoms with van der Waals surface area (Å²) in [4.78, 5) is 1.13. The minimum atomic E-state index is -0.142. The van der Waals surface area contributed by atoms with Crippen molar-refractivity contribution < 1.29 is 9.47 Å². The third-order valence-corrected chi connectivity index (χ3v) is 3.57. The zero-order chi connectivity index (χ0) is 11.0. The van der Waals surface area contributed by atoms with E-state index >= 15 is 0 Å². The van der Waals surface area contributed by atoms with E-state index in [9.17, 15) is 0 Å². The summed E-state index contributed by atoms with van der Waals surface area (Å²) < 4.78 is 10.8. The molecule has 17 heavy (non-hydrogen) atoms. The predicted molar refractivity (Wildman–Crippen MR) is 70.2 cm³/mol. The van der Waals surface area contributed by atoms with Crippen LogP contribution in [-0.2, 0) is 0 Å². The van der Waals surface area contributed by atoms with Crippen molar-refractivity contribution in [3.63, 3.8) is 0 Å². The first-order valence-corrected chi connectivity index (χ1v) is 5.92. The fourth-order valence-electron chi connectivity index (χ4n) is 1.82. The third-order valence-electron chi connectivity index (χ3n) is 2.61. The van der Waals surface area contributed by atoms with E-state index in [1.54, 1.807) is 11.3 Å². The first-order chi connectivity index (χ1) is 7.86. The Morgan fingerprint density at radius 1 is 1.18 bits per heavy atom. The van der Waals surface area contributed by atoms with Crippen molar-refractivity contribution in [2.75, 3.05) is 6.79 Å². The molecule has 0 fully saturated rings. The monoisotopic (exact) mass is 269 g/mol. The molecule has 0 spiro atoms. The van der Waals surface area contributed by atoms with Crippen LogP contribution >= 0.6 is 23.7 Å². The van der Waals surface area contributed by atoms with E-state index in [2.05, 4.69) is 0 Å². The number of nitrogens with two attached hydrogens (primary N) is 1. The average molecular weight is 270 g/mol. The lowest BCUT2D eigenvalue weighted by atomic mass is 10.0. The molecule has 0 radical (unpaired) electrons. The molecule has 2 aromatic rings. The Morgan fingerprint density at radius 3 is 2.82 bits per heavy atom. The molecule has 1 aliphatic rings. The van der Waals surface area contributed by atoms with Gasteiger partial charge in [-0.15, -0.1) is 23.7 Å². The van der Waals surface area contributed by atoms with Crippen LogP contribution in [-0.4, -0.2) is 6.79 Å². The van der Waals surface area contributed by atoms with Gasteiger partial charge in [0, 0.05) is 10.4 Å². The molecule has 3 nitrogen and oxygen atoms in total. The van der Waals surface area contributed by atoms with Gasteiger partial charge in [0.05, 0.1) is 6.04 Å². The van der Waals surface area contributed by atoms with Crippen molar-refractivity contribution in [3.8, 4) is 11.5 Å². The van der Waals surface area contributed by atoms with Gasteiger partial charge < -0.3 is 15.2 Å². The molecule has 1 aromatic carbocycles. The highest BCUT2D eigenvalue weighted by molar-refractivity contribution is 7.10. The summed E-state index contributed by atoms with van der Waals surface area (Å²) in [5.41, 5.74) is 7.19. The second-order valence-electron chi connectivity index (χ2n) is 3.57. The number of ether oxygens (including phenoxy) is 2. The number of rotatable bonds is 2. The molecule has 2 heterocycles. The Hall–Kier alpha value is -1.23. The fraction of sp³-hybridized carbons (Fsp3) is 0.167. The smallest absolute Gasteiger partial charge is 0.231 e. The van der Waals surface area contributed by atoms with E-state index in [0.29, 0.717) is 0 Å². The van der Waals surface area contributed by atoms with E-state index in [1.807, 2.05) is 35.7 Å². The van der Waals surface area contributed by atoms with Gasteiger partial charge in [-0.1, -0.05) is 18.2 Å². The molecule has 90 valence electrons. The van der Waals surface area contributed by atoms with Crippen molar-refractivity contribution in [2.24, 2.45) is 5.73 Å². The fourth-order valence-corrected chi connectivity index (χ4v) is 2.56. The molecule has 1 atom stereocenters. The van der Waals surface area contributed by atoms with Gasteiger partial charge in [0.25, 0.3) is 0 Å². The van der Waals surface area contributed by atoms with Crippen molar-refractivity contribution in [3.05, 3.63) is 46.2 Å². The van der Waals surface area contributed by atoms with E-state index in [0.717, 1.165) is 21.9 Å². The highest BCUT2D eigenvalue weighted by atomic mass is 35.5. The van der Waals surface area contributed by atoms with Crippen LogP contribution in [0, 0.1) is 0 Å². The molecular weight excluding hydrogens is 258 g/mol. The molecule has 0 aliphatic carbocycles. The minimum Gasteiger partial charge on any atom is -0.454 e. The largest absolute Gasteiger partial charge is 0.454 e. The first-order valence-electron chi connectivity index (χ1n) is 5.04. The SMILES string of the molecule is Cl.N[C@H](c1cccs1)c1cccc2c1OCO2. The topological polar surface area (TPSA) is 44.5 Å². The summed E-state index contributed by atoms with van der Waals surface area (Å²) >= 11 is 1.65. The lowest BCUT2D eigenvalue weighted by Crippen LogP contribution is -2.11. The minimum absolute atomic E-state index is 0. The lowest BCUT2D eigenvalue weighted by molar-refractivity contribution is 0.173. The summed E-state index contributed by atoms with van der Waals surface area (Å²) in [5, 5.41) is 2.02. The Balaban J connectivity index is 0.00000108. The maximum Gasteiger partial charge on any atom is 0.231 e. The van der Waals surface area contributed by atoms with Crippen LogP contribution in [0.15, 0.2) is 35.7 Å². The van der Waals surface area contributed by atoms with Gasteiger partial charge in [-0.3, -0.25) is 0 Å². The zero-order valence-electron chi connectivity index (χ0n) is 8.96. The summed E-state index contributed by atoms with van der Waals surface area (Å²) in [6, 6.07) is 9.71. The molecule has 0 saturated carbocycles. The van der Waals surface area contributed by atoms with Crippen LogP contribution in [0.4, 0.5) is 0 Å². The second-order valence-corrected chi connectivity index (χ2v) is 4.55. The van der Waals surface area contributed by atoms with Gasteiger partial charge in [0.15, 0.2) is 11.5 Å². The van der Waals surface area contributed by atoms with Crippen molar-refractivity contribution in [1.29, 1.82) is 0 Å². The first kappa shape index (κ1) is 12.2. The van der Waals surface area contributed by atoms with Crippen LogP contribution in [0.3, 0.4) is 0 Å². The highest BCUT2D eigenvalue weighted by Gasteiger charge is 2.22.